The van der Waals surface area contributed by atoms with Gasteiger partial charge in [-0.05, 0) is 17.9 Å². The normalized spacial score (nSPS) is 11.9. The second-order valence-corrected chi connectivity index (χ2v) is 7.17. The molecule has 9 nitrogen and oxygen atoms in total. The van der Waals surface area contributed by atoms with Crippen molar-refractivity contribution in [1.82, 2.24) is 29.2 Å². The molecule has 0 radical (unpaired) electrons. The molecular formula is C16H17N9S. The Hall–Kier alpha value is -3.11. The van der Waals surface area contributed by atoms with Crippen LogP contribution >= 0.6 is 11.8 Å². The number of hydrogen-bond donors (Lipinski definition) is 4. The number of rotatable bonds is 4. The van der Waals surface area contributed by atoms with E-state index in [2.05, 4.69) is 27.1 Å². The summed E-state index contributed by atoms with van der Waals surface area (Å²) in [6.07, 6.45) is 5.34. The predicted octanol–water partition coefficient (Wildman–Crippen LogP) is 2.50. The third-order valence-corrected chi connectivity index (χ3v) is 5.22. The molecule has 0 aliphatic rings. The quantitative estimate of drug-likeness (QED) is 0.168. The first-order valence-corrected chi connectivity index (χ1v) is 9.13. The van der Waals surface area contributed by atoms with Gasteiger partial charge >= 0.3 is 0 Å². The van der Waals surface area contributed by atoms with Gasteiger partial charge in [-0.15, -0.1) is 11.8 Å². The summed E-state index contributed by atoms with van der Waals surface area (Å²) in [4.78, 5) is 7.72. The number of thioether (sulfide) groups is 1. The van der Waals surface area contributed by atoms with Crippen molar-refractivity contribution in [3.05, 3.63) is 36.8 Å². The number of aromatic amines is 2. The first kappa shape index (κ1) is 15.2. The minimum absolute atomic E-state index is 0.572. The van der Waals surface area contributed by atoms with Gasteiger partial charge in [-0.1, -0.05) is 6.92 Å². The largest absolute Gasteiger partial charge is 0.397 e. The number of fused-ring (bicyclic) bond motifs is 4. The van der Waals surface area contributed by atoms with Gasteiger partial charge in [0.15, 0.2) is 5.65 Å². The van der Waals surface area contributed by atoms with Crippen LogP contribution in [0.2, 0.25) is 0 Å². The molecular weight excluding hydrogens is 350 g/mol. The number of imidazole rings is 2. The highest BCUT2D eigenvalue weighted by Gasteiger charge is 2.21. The maximum Gasteiger partial charge on any atom is 0.179 e. The summed E-state index contributed by atoms with van der Waals surface area (Å²) in [5.74, 6) is 7.43. The third-order valence-electron chi connectivity index (χ3n) is 4.36. The van der Waals surface area contributed by atoms with E-state index in [9.17, 15) is 0 Å². The standard InChI is InChI=1S/C16H17N9S/c1-2-26-16-14(15-19-5-6-23(15)22-16)24(18)11-8-12-10(7-9(11)17)21-13-3-4-20-25(12)13/h3-8,21-22H,2,17-18H2,1H3. The lowest BCUT2D eigenvalue weighted by Gasteiger charge is -2.20. The topological polar surface area (TPSA) is 121 Å². The van der Waals surface area contributed by atoms with Crippen LogP contribution in [0.4, 0.5) is 17.1 Å². The first-order valence-electron chi connectivity index (χ1n) is 8.15. The number of hydrazine groups is 1. The zero-order chi connectivity index (χ0) is 17.8. The fourth-order valence-electron chi connectivity index (χ4n) is 3.22. The van der Waals surface area contributed by atoms with E-state index in [-0.39, 0.29) is 0 Å². The molecule has 4 heterocycles. The molecule has 4 aromatic heterocycles. The molecule has 0 aliphatic carbocycles. The summed E-state index contributed by atoms with van der Waals surface area (Å²) < 4.78 is 3.68. The fourth-order valence-corrected chi connectivity index (χ4v) is 4.00. The minimum atomic E-state index is 0.572. The van der Waals surface area contributed by atoms with E-state index in [0.29, 0.717) is 11.4 Å². The molecule has 5 rings (SSSR count). The second-order valence-electron chi connectivity index (χ2n) is 5.89. The molecule has 5 aromatic rings. The SMILES string of the molecule is CCSc1[nH]n2ccnc2c1N(N)c1cc2c(cc1N)[nH]c1ccnn12. The van der Waals surface area contributed by atoms with Crippen molar-refractivity contribution in [2.75, 3.05) is 16.5 Å². The Morgan fingerprint density at radius 2 is 2.19 bits per heavy atom. The summed E-state index contributed by atoms with van der Waals surface area (Å²) in [6, 6.07) is 5.72. The lowest BCUT2D eigenvalue weighted by Crippen LogP contribution is -2.26. The van der Waals surface area contributed by atoms with Crippen molar-refractivity contribution in [3.63, 3.8) is 0 Å². The monoisotopic (exact) mass is 367 g/mol. The van der Waals surface area contributed by atoms with Crippen molar-refractivity contribution in [1.29, 1.82) is 0 Å². The van der Waals surface area contributed by atoms with Gasteiger partial charge in [-0.3, -0.25) is 10.1 Å². The number of anilines is 3. The molecule has 0 unspecified atom stereocenters. The summed E-state index contributed by atoms with van der Waals surface area (Å²) >= 11 is 1.67. The van der Waals surface area contributed by atoms with Gasteiger partial charge < -0.3 is 10.7 Å². The number of nitrogen functional groups attached to an aromatic ring is 1. The minimum Gasteiger partial charge on any atom is -0.397 e. The highest BCUT2D eigenvalue weighted by Crippen LogP contribution is 2.38. The smallest absolute Gasteiger partial charge is 0.179 e. The lowest BCUT2D eigenvalue weighted by atomic mass is 10.2. The second kappa shape index (κ2) is 5.44. The van der Waals surface area contributed by atoms with E-state index in [0.717, 1.165) is 38.8 Å². The summed E-state index contributed by atoms with van der Waals surface area (Å²) in [5.41, 5.74) is 11.8. The summed E-state index contributed by atoms with van der Waals surface area (Å²) in [5, 5.41) is 10.2. The van der Waals surface area contributed by atoms with Gasteiger partial charge in [-0.2, -0.15) is 5.10 Å². The van der Waals surface area contributed by atoms with Crippen LogP contribution in [0.5, 0.6) is 0 Å². The van der Waals surface area contributed by atoms with Crippen LogP contribution in [0, 0.1) is 0 Å². The van der Waals surface area contributed by atoms with Crippen LogP contribution in [0.25, 0.3) is 22.3 Å². The molecule has 0 atom stereocenters. The number of hydrogen-bond acceptors (Lipinski definition) is 6. The van der Waals surface area contributed by atoms with Gasteiger partial charge in [0.1, 0.15) is 16.4 Å². The molecule has 0 saturated heterocycles. The number of nitrogens with zero attached hydrogens (tertiary/aromatic N) is 5. The molecule has 0 spiro atoms. The first-order chi connectivity index (χ1) is 12.7. The Balaban J connectivity index is 1.72. The van der Waals surface area contributed by atoms with Crippen LogP contribution < -0.4 is 16.6 Å². The molecule has 0 saturated carbocycles. The molecule has 0 fully saturated rings. The van der Waals surface area contributed by atoms with Crippen molar-refractivity contribution >= 4 is 51.2 Å². The zero-order valence-electron chi connectivity index (χ0n) is 14.0. The Morgan fingerprint density at radius 1 is 1.31 bits per heavy atom. The van der Waals surface area contributed by atoms with Gasteiger partial charge in [0.05, 0.1) is 28.6 Å². The number of benzene rings is 1. The average molecular weight is 367 g/mol. The fraction of sp³-hybridized carbons (Fsp3) is 0.125. The molecule has 0 bridgehead atoms. The third kappa shape index (κ3) is 2.02. The molecule has 6 N–H and O–H groups in total. The molecule has 132 valence electrons. The van der Waals surface area contributed by atoms with Crippen LogP contribution in [0.1, 0.15) is 6.92 Å². The lowest BCUT2D eigenvalue weighted by molar-refractivity contribution is 0.906. The Morgan fingerprint density at radius 3 is 3.04 bits per heavy atom. The molecule has 26 heavy (non-hydrogen) atoms. The Labute approximate surface area is 151 Å². The van der Waals surface area contributed by atoms with Crippen molar-refractivity contribution < 1.29 is 0 Å². The van der Waals surface area contributed by atoms with E-state index >= 15 is 0 Å². The summed E-state index contributed by atoms with van der Waals surface area (Å²) in [7, 11) is 0. The number of nitrogens with one attached hydrogen (secondary N) is 2. The molecule has 1 aromatic carbocycles. The van der Waals surface area contributed by atoms with Gasteiger partial charge in [-0.25, -0.2) is 19.9 Å². The number of nitrogens with two attached hydrogens (primary N) is 2. The van der Waals surface area contributed by atoms with E-state index in [1.54, 1.807) is 29.2 Å². The van der Waals surface area contributed by atoms with E-state index in [4.69, 9.17) is 11.6 Å². The van der Waals surface area contributed by atoms with Crippen LogP contribution in [0.15, 0.2) is 41.8 Å². The van der Waals surface area contributed by atoms with Crippen LogP contribution in [0.3, 0.4) is 0 Å². The molecule has 0 amide bonds. The maximum absolute atomic E-state index is 6.52. The zero-order valence-corrected chi connectivity index (χ0v) is 14.8. The number of aromatic nitrogens is 6. The van der Waals surface area contributed by atoms with Crippen molar-refractivity contribution in [2.45, 2.75) is 11.9 Å². The maximum atomic E-state index is 6.52. The highest BCUT2D eigenvalue weighted by atomic mass is 32.2. The van der Waals surface area contributed by atoms with E-state index in [1.807, 2.05) is 33.4 Å². The summed E-state index contributed by atoms with van der Waals surface area (Å²) in [6.45, 7) is 2.09. The van der Waals surface area contributed by atoms with Crippen LogP contribution in [-0.2, 0) is 0 Å². The molecule has 10 heteroatoms. The van der Waals surface area contributed by atoms with Crippen LogP contribution in [-0.4, -0.2) is 34.9 Å². The van der Waals surface area contributed by atoms with Gasteiger partial charge in [0.2, 0.25) is 0 Å². The highest BCUT2D eigenvalue weighted by molar-refractivity contribution is 7.99. The Kier molecular flexibility index (Phi) is 3.18. The Bertz CT molecular complexity index is 1240. The van der Waals surface area contributed by atoms with Crippen molar-refractivity contribution in [2.24, 2.45) is 5.84 Å². The van der Waals surface area contributed by atoms with E-state index < -0.39 is 0 Å². The molecule has 0 aliphatic heterocycles. The number of H-pyrrole nitrogens is 2. The predicted molar refractivity (Wildman–Crippen MR) is 104 cm³/mol. The van der Waals surface area contributed by atoms with E-state index in [1.165, 1.54) is 0 Å². The van der Waals surface area contributed by atoms with Crippen molar-refractivity contribution in [3.8, 4) is 0 Å². The van der Waals surface area contributed by atoms with Gasteiger partial charge in [0.25, 0.3) is 0 Å². The van der Waals surface area contributed by atoms with Gasteiger partial charge in [0, 0.05) is 18.5 Å². The average Bonchev–Trinajstić information content (AvgIpc) is 3.33.